The molecular formula is C13H15FN2O. The number of rotatable bonds is 2. The minimum absolute atomic E-state index is 0.0765. The van der Waals surface area contributed by atoms with Crippen LogP contribution in [-0.4, -0.2) is 18.6 Å². The molecular weight excluding hydrogens is 219 g/mol. The molecule has 2 aliphatic rings. The summed E-state index contributed by atoms with van der Waals surface area (Å²) in [5.41, 5.74) is 2.39. The van der Waals surface area contributed by atoms with Gasteiger partial charge in [0, 0.05) is 12.6 Å². The topological polar surface area (TPSA) is 41.1 Å². The second kappa shape index (κ2) is 4.02. The van der Waals surface area contributed by atoms with E-state index in [-0.39, 0.29) is 17.9 Å². The lowest BCUT2D eigenvalue weighted by molar-refractivity contribution is 0.247. The minimum Gasteiger partial charge on any atom is -0.336 e. The van der Waals surface area contributed by atoms with Gasteiger partial charge in [-0.1, -0.05) is 6.07 Å². The zero-order valence-corrected chi connectivity index (χ0v) is 9.50. The van der Waals surface area contributed by atoms with E-state index in [0.717, 1.165) is 24.8 Å². The molecule has 2 amide bonds. The highest BCUT2D eigenvalue weighted by Gasteiger charge is 2.28. The average molecular weight is 234 g/mol. The largest absolute Gasteiger partial charge is 0.336 e. The zero-order valence-electron chi connectivity index (χ0n) is 9.50. The van der Waals surface area contributed by atoms with Gasteiger partial charge in [-0.15, -0.1) is 0 Å². The fourth-order valence-electron chi connectivity index (χ4n) is 2.91. The van der Waals surface area contributed by atoms with Crippen LogP contribution in [0, 0.1) is 5.82 Å². The molecule has 1 fully saturated rings. The van der Waals surface area contributed by atoms with Crippen molar-refractivity contribution in [1.29, 1.82) is 0 Å². The molecule has 1 heterocycles. The number of carbonyl (C=O) groups excluding carboxylic acids is 1. The van der Waals surface area contributed by atoms with Crippen LogP contribution < -0.4 is 10.6 Å². The molecule has 1 unspecified atom stereocenters. The number of aryl methyl sites for hydroxylation is 1. The molecule has 1 aromatic rings. The third-order valence-electron chi connectivity index (χ3n) is 3.72. The Morgan fingerprint density at radius 2 is 2.29 bits per heavy atom. The summed E-state index contributed by atoms with van der Waals surface area (Å²) in [5, 5.41) is 5.67. The van der Waals surface area contributed by atoms with E-state index in [1.165, 1.54) is 11.6 Å². The van der Waals surface area contributed by atoms with Gasteiger partial charge < -0.3 is 10.6 Å². The third kappa shape index (κ3) is 1.99. The fourth-order valence-corrected chi connectivity index (χ4v) is 2.91. The highest BCUT2D eigenvalue weighted by atomic mass is 19.1. The number of benzene rings is 1. The van der Waals surface area contributed by atoms with Crippen molar-refractivity contribution in [2.45, 2.75) is 31.2 Å². The summed E-state index contributed by atoms with van der Waals surface area (Å²) < 4.78 is 13.1. The predicted octanol–water partition coefficient (Wildman–Crippen LogP) is 1.93. The standard InChI is InChI=1S/C13H15FN2O/c14-10-3-4-12-8(5-10)1-2-9(12)6-11-7-15-13(17)16-11/h3-5,9,11H,1-2,6-7H2,(H2,15,16,17)/t9-,11?/m0/s1. The summed E-state index contributed by atoms with van der Waals surface area (Å²) in [6.07, 6.45) is 2.95. The van der Waals surface area contributed by atoms with Crippen LogP contribution in [0.5, 0.6) is 0 Å². The van der Waals surface area contributed by atoms with E-state index in [0.29, 0.717) is 12.5 Å². The highest BCUT2D eigenvalue weighted by molar-refractivity contribution is 5.76. The molecule has 90 valence electrons. The van der Waals surface area contributed by atoms with E-state index in [9.17, 15) is 9.18 Å². The van der Waals surface area contributed by atoms with Gasteiger partial charge in [-0.2, -0.15) is 0 Å². The van der Waals surface area contributed by atoms with Crippen molar-refractivity contribution in [1.82, 2.24) is 10.6 Å². The van der Waals surface area contributed by atoms with Gasteiger partial charge in [0.05, 0.1) is 0 Å². The summed E-state index contributed by atoms with van der Waals surface area (Å²) in [7, 11) is 0. The van der Waals surface area contributed by atoms with Gasteiger partial charge in [-0.05, 0) is 48.4 Å². The Morgan fingerprint density at radius 3 is 3.06 bits per heavy atom. The van der Waals surface area contributed by atoms with E-state index in [2.05, 4.69) is 10.6 Å². The molecule has 0 spiro atoms. The Balaban J connectivity index is 1.73. The third-order valence-corrected chi connectivity index (χ3v) is 3.72. The molecule has 3 nitrogen and oxygen atoms in total. The molecule has 0 saturated carbocycles. The van der Waals surface area contributed by atoms with Gasteiger partial charge >= 0.3 is 6.03 Å². The van der Waals surface area contributed by atoms with Gasteiger partial charge in [-0.25, -0.2) is 9.18 Å². The fraction of sp³-hybridized carbons (Fsp3) is 0.462. The molecule has 0 radical (unpaired) electrons. The molecule has 3 rings (SSSR count). The minimum atomic E-state index is -0.153. The average Bonchev–Trinajstić information content (AvgIpc) is 2.86. The second-order valence-corrected chi connectivity index (χ2v) is 4.87. The summed E-state index contributed by atoms with van der Waals surface area (Å²) in [6, 6.07) is 5.20. The number of urea groups is 1. The van der Waals surface area contributed by atoms with Crippen molar-refractivity contribution >= 4 is 6.03 Å². The van der Waals surface area contributed by atoms with Crippen LogP contribution >= 0.6 is 0 Å². The smallest absolute Gasteiger partial charge is 0.315 e. The second-order valence-electron chi connectivity index (χ2n) is 4.87. The normalized spacial score (nSPS) is 26.5. The SMILES string of the molecule is O=C1NCC(C[C@@H]2CCc3cc(F)ccc32)N1. The van der Waals surface area contributed by atoms with Crippen LogP contribution in [0.1, 0.15) is 29.9 Å². The maximum absolute atomic E-state index is 13.1. The first-order valence-corrected chi connectivity index (χ1v) is 6.05. The van der Waals surface area contributed by atoms with Crippen molar-refractivity contribution < 1.29 is 9.18 Å². The van der Waals surface area contributed by atoms with E-state index in [1.54, 1.807) is 6.07 Å². The van der Waals surface area contributed by atoms with Crippen LogP contribution in [0.25, 0.3) is 0 Å². The van der Waals surface area contributed by atoms with Crippen molar-refractivity contribution in [2.75, 3.05) is 6.54 Å². The number of carbonyl (C=O) groups is 1. The molecule has 1 aliphatic carbocycles. The number of nitrogens with one attached hydrogen (secondary N) is 2. The Hall–Kier alpha value is -1.58. The molecule has 17 heavy (non-hydrogen) atoms. The number of hydrogen-bond donors (Lipinski definition) is 2. The van der Waals surface area contributed by atoms with Crippen molar-refractivity contribution in [3.63, 3.8) is 0 Å². The lowest BCUT2D eigenvalue weighted by Gasteiger charge is -2.15. The Labute approximate surface area is 99.4 Å². The first-order valence-electron chi connectivity index (χ1n) is 6.05. The molecule has 4 heteroatoms. The van der Waals surface area contributed by atoms with Crippen LogP contribution in [0.4, 0.5) is 9.18 Å². The van der Waals surface area contributed by atoms with Crippen molar-refractivity contribution in [3.8, 4) is 0 Å². The zero-order chi connectivity index (χ0) is 11.8. The van der Waals surface area contributed by atoms with Crippen LogP contribution in [0.3, 0.4) is 0 Å². The van der Waals surface area contributed by atoms with Gasteiger partial charge in [-0.3, -0.25) is 0 Å². The summed E-state index contributed by atoms with van der Waals surface area (Å²) in [5.74, 6) is 0.302. The van der Waals surface area contributed by atoms with Crippen LogP contribution in [0.2, 0.25) is 0 Å². The first kappa shape index (κ1) is 10.6. The summed E-state index contributed by atoms with van der Waals surface area (Å²) in [6.45, 7) is 0.700. The molecule has 0 aromatic heterocycles. The number of fused-ring (bicyclic) bond motifs is 1. The van der Waals surface area contributed by atoms with E-state index in [4.69, 9.17) is 0 Å². The predicted molar refractivity (Wildman–Crippen MR) is 62.4 cm³/mol. The Morgan fingerprint density at radius 1 is 1.41 bits per heavy atom. The number of hydrogen-bond acceptors (Lipinski definition) is 1. The number of halogens is 1. The molecule has 0 bridgehead atoms. The maximum atomic E-state index is 13.1. The van der Waals surface area contributed by atoms with Crippen molar-refractivity contribution in [2.24, 2.45) is 0 Å². The molecule has 2 atom stereocenters. The maximum Gasteiger partial charge on any atom is 0.315 e. The lowest BCUT2D eigenvalue weighted by atomic mass is 9.94. The molecule has 1 aromatic carbocycles. The Kier molecular flexibility index (Phi) is 2.50. The van der Waals surface area contributed by atoms with Gasteiger partial charge in [0.2, 0.25) is 0 Å². The monoisotopic (exact) mass is 234 g/mol. The van der Waals surface area contributed by atoms with Gasteiger partial charge in [0.25, 0.3) is 0 Å². The molecule has 1 aliphatic heterocycles. The van der Waals surface area contributed by atoms with Gasteiger partial charge in [0.1, 0.15) is 5.82 Å². The first-order chi connectivity index (χ1) is 8.22. The van der Waals surface area contributed by atoms with E-state index < -0.39 is 0 Å². The van der Waals surface area contributed by atoms with E-state index in [1.807, 2.05) is 6.07 Å². The van der Waals surface area contributed by atoms with E-state index >= 15 is 0 Å². The highest BCUT2D eigenvalue weighted by Crippen LogP contribution is 2.36. The van der Waals surface area contributed by atoms with Crippen molar-refractivity contribution in [3.05, 3.63) is 35.1 Å². The summed E-state index contributed by atoms with van der Waals surface area (Å²) in [4.78, 5) is 11.0. The van der Waals surface area contributed by atoms with Crippen LogP contribution in [0.15, 0.2) is 18.2 Å². The van der Waals surface area contributed by atoms with Crippen LogP contribution in [-0.2, 0) is 6.42 Å². The Bertz CT molecular complexity index is 461. The molecule has 1 saturated heterocycles. The van der Waals surface area contributed by atoms with Gasteiger partial charge in [0.15, 0.2) is 0 Å². The lowest BCUT2D eigenvalue weighted by Crippen LogP contribution is -2.27. The quantitative estimate of drug-likeness (QED) is 0.806. The number of amides is 2. The summed E-state index contributed by atoms with van der Waals surface area (Å²) >= 11 is 0. The molecule has 2 N–H and O–H groups in total.